The second-order valence-electron chi connectivity index (χ2n) is 5.32. The molecule has 0 aliphatic heterocycles. The number of rotatable bonds is 9. The van der Waals surface area contributed by atoms with Gasteiger partial charge in [0, 0.05) is 35.4 Å². The summed E-state index contributed by atoms with van der Waals surface area (Å²) in [5, 5.41) is 4.27. The van der Waals surface area contributed by atoms with Crippen molar-refractivity contribution < 1.29 is 0 Å². The Bertz CT molecular complexity index is 393. The van der Waals surface area contributed by atoms with E-state index >= 15 is 0 Å². The Morgan fingerprint density at radius 2 is 2.00 bits per heavy atom. The molecule has 0 aromatic heterocycles. The van der Waals surface area contributed by atoms with Crippen molar-refractivity contribution in [1.29, 1.82) is 0 Å². The van der Waals surface area contributed by atoms with Crippen LogP contribution in [0.4, 0.5) is 5.69 Å². The molecule has 1 aromatic rings. The molecular weight excluding hydrogens is 268 g/mol. The fraction of sp³-hybridized carbons (Fsp3) is 0.647. The molecule has 0 saturated carbocycles. The zero-order valence-electron chi connectivity index (χ0n) is 13.4. The summed E-state index contributed by atoms with van der Waals surface area (Å²) >= 11 is 6.42. The number of benzene rings is 1. The van der Waals surface area contributed by atoms with Crippen LogP contribution in [0.1, 0.15) is 52.5 Å². The van der Waals surface area contributed by atoms with Gasteiger partial charge in [-0.2, -0.15) is 0 Å². The van der Waals surface area contributed by atoms with E-state index < -0.39 is 0 Å². The summed E-state index contributed by atoms with van der Waals surface area (Å²) in [6.45, 7) is 11.8. The number of anilines is 1. The van der Waals surface area contributed by atoms with Crippen LogP contribution in [0.3, 0.4) is 0 Å². The highest BCUT2D eigenvalue weighted by Gasteiger charge is 2.17. The van der Waals surface area contributed by atoms with E-state index in [9.17, 15) is 0 Å². The van der Waals surface area contributed by atoms with Crippen LogP contribution in [-0.2, 0) is 6.54 Å². The van der Waals surface area contributed by atoms with E-state index in [1.54, 1.807) is 0 Å². The van der Waals surface area contributed by atoms with Crippen LogP contribution in [0, 0.1) is 0 Å². The zero-order chi connectivity index (χ0) is 15.0. The predicted molar refractivity (Wildman–Crippen MR) is 90.8 cm³/mol. The van der Waals surface area contributed by atoms with Crippen LogP contribution in [-0.4, -0.2) is 19.1 Å². The third kappa shape index (κ3) is 4.68. The quantitative estimate of drug-likeness (QED) is 0.700. The van der Waals surface area contributed by atoms with Crippen molar-refractivity contribution in [2.24, 2.45) is 0 Å². The molecule has 0 aliphatic rings. The number of hydrogen-bond donors (Lipinski definition) is 1. The Morgan fingerprint density at radius 3 is 2.60 bits per heavy atom. The minimum absolute atomic E-state index is 0.542. The molecule has 0 radical (unpaired) electrons. The maximum Gasteiger partial charge on any atom is 0.0471 e. The molecule has 20 heavy (non-hydrogen) atoms. The lowest BCUT2D eigenvalue weighted by Crippen LogP contribution is -2.34. The van der Waals surface area contributed by atoms with Crippen molar-refractivity contribution in [2.75, 3.05) is 18.0 Å². The van der Waals surface area contributed by atoms with Gasteiger partial charge < -0.3 is 10.2 Å². The summed E-state index contributed by atoms with van der Waals surface area (Å²) < 4.78 is 0. The van der Waals surface area contributed by atoms with E-state index in [0.29, 0.717) is 6.04 Å². The van der Waals surface area contributed by atoms with Gasteiger partial charge in [0.15, 0.2) is 0 Å². The molecular formula is C17H29ClN2. The first kappa shape index (κ1) is 17.3. The van der Waals surface area contributed by atoms with Gasteiger partial charge in [-0.1, -0.05) is 44.9 Å². The summed E-state index contributed by atoms with van der Waals surface area (Å²) in [7, 11) is 0. The molecule has 1 aromatic carbocycles. The predicted octanol–water partition coefficient (Wildman–Crippen LogP) is 4.85. The second-order valence-corrected chi connectivity index (χ2v) is 5.73. The van der Waals surface area contributed by atoms with Crippen LogP contribution < -0.4 is 10.2 Å². The van der Waals surface area contributed by atoms with E-state index in [4.69, 9.17) is 11.6 Å². The lowest BCUT2D eigenvalue weighted by atomic mass is 10.1. The molecule has 2 nitrogen and oxygen atoms in total. The van der Waals surface area contributed by atoms with Crippen LogP contribution in [0.2, 0.25) is 5.02 Å². The largest absolute Gasteiger partial charge is 0.369 e. The normalized spacial score (nSPS) is 12.4. The van der Waals surface area contributed by atoms with E-state index in [1.807, 2.05) is 6.07 Å². The Hall–Kier alpha value is -0.730. The second kappa shape index (κ2) is 9.25. The molecule has 1 unspecified atom stereocenters. The third-order valence-electron chi connectivity index (χ3n) is 3.83. The third-order valence-corrected chi connectivity index (χ3v) is 4.18. The Balaban J connectivity index is 3.07. The van der Waals surface area contributed by atoms with Gasteiger partial charge in [0.25, 0.3) is 0 Å². The number of halogens is 1. The summed E-state index contributed by atoms with van der Waals surface area (Å²) in [4.78, 5) is 2.52. The van der Waals surface area contributed by atoms with Crippen molar-refractivity contribution in [2.45, 2.75) is 59.5 Å². The molecule has 0 spiro atoms. The highest BCUT2D eigenvalue weighted by molar-refractivity contribution is 6.31. The smallest absolute Gasteiger partial charge is 0.0471 e. The lowest BCUT2D eigenvalue weighted by Gasteiger charge is -2.33. The molecule has 0 saturated heterocycles. The van der Waals surface area contributed by atoms with E-state index in [0.717, 1.165) is 31.1 Å². The molecule has 0 amide bonds. The average molecular weight is 297 g/mol. The fourth-order valence-corrected chi connectivity index (χ4v) is 2.60. The number of unbranched alkanes of at least 4 members (excludes halogenated alkanes) is 1. The monoisotopic (exact) mass is 296 g/mol. The number of hydrogen-bond acceptors (Lipinski definition) is 2. The van der Waals surface area contributed by atoms with Crippen LogP contribution >= 0.6 is 11.6 Å². The minimum atomic E-state index is 0.542. The summed E-state index contributed by atoms with van der Waals surface area (Å²) in [5.74, 6) is 0. The van der Waals surface area contributed by atoms with E-state index in [2.05, 4.69) is 50.0 Å². The number of nitrogens with zero attached hydrogens (tertiary/aromatic N) is 1. The summed E-state index contributed by atoms with van der Waals surface area (Å²) in [5.41, 5.74) is 2.52. The van der Waals surface area contributed by atoms with Gasteiger partial charge in [-0.15, -0.1) is 0 Å². The number of nitrogens with one attached hydrogen (secondary N) is 1. The van der Waals surface area contributed by atoms with Crippen LogP contribution in [0.25, 0.3) is 0 Å². The molecule has 0 bridgehead atoms. The van der Waals surface area contributed by atoms with Crippen molar-refractivity contribution in [3.63, 3.8) is 0 Å². The van der Waals surface area contributed by atoms with Gasteiger partial charge in [0.2, 0.25) is 0 Å². The average Bonchev–Trinajstić information content (AvgIpc) is 2.46. The van der Waals surface area contributed by atoms with Crippen molar-refractivity contribution in [3.05, 3.63) is 28.8 Å². The van der Waals surface area contributed by atoms with Gasteiger partial charge in [-0.05, 0) is 38.4 Å². The molecule has 114 valence electrons. The first-order valence-electron chi connectivity index (χ1n) is 7.90. The van der Waals surface area contributed by atoms with E-state index in [1.165, 1.54) is 24.1 Å². The van der Waals surface area contributed by atoms with Crippen molar-refractivity contribution in [3.8, 4) is 0 Å². The summed E-state index contributed by atoms with van der Waals surface area (Å²) in [6, 6.07) is 6.81. The van der Waals surface area contributed by atoms with Gasteiger partial charge in [-0.25, -0.2) is 0 Å². The Morgan fingerprint density at radius 1 is 1.25 bits per heavy atom. The molecule has 0 heterocycles. The Labute approximate surface area is 129 Å². The molecule has 1 N–H and O–H groups in total. The highest BCUT2D eigenvalue weighted by atomic mass is 35.5. The molecule has 0 fully saturated rings. The van der Waals surface area contributed by atoms with Gasteiger partial charge >= 0.3 is 0 Å². The van der Waals surface area contributed by atoms with Gasteiger partial charge in [0.05, 0.1) is 0 Å². The molecule has 3 heteroatoms. The maximum absolute atomic E-state index is 6.42. The molecule has 1 rings (SSSR count). The summed E-state index contributed by atoms with van der Waals surface area (Å²) in [6.07, 6.45) is 3.59. The van der Waals surface area contributed by atoms with Gasteiger partial charge in [0.1, 0.15) is 0 Å². The minimum Gasteiger partial charge on any atom is -0.369 e. The van der Waals surface area contributed by atoms with Crippen molar-refractivity contribution in [1.82, 2.24) is 5.32 Å². The topological polar surface area (TPSA) is 15.3 Å². The van der Waals surface area contributed by atoms with Crippen molar-refractivity contribution >= 4 is 17.3 Å². The Kier molecular flexibility index (Phi) is 8.01. The van der Waals surface area contributed by atoms with Crippen LogP contribution in [0.15, 0.2) is 18.2 Å². The molecule has 1 atom stereocenters. The maximum atomic E-state index is 6.42. The van der Waals surface area contributed by atoms with Crippen LogP contribution in [0.5, 0.6) is 0 Å². The molecule has 0 aliphatic carbocycles. The fourth-order valence-electron chi connectivity index (χ4n) is 2.37. The first-order valence-corrected chi connectivity index (χ1v) is 8.28. The standard InChI is InChI=1S/C17H29ClN2/c1-5-8-12-20(14(4)6-2)17-11-9-10-16(18)15(17)13-19-7-3/h9-11,14,19H,5-8,12-13H2,1-4H3. The zero-order valence-corrected chi connectivity index (χ0v) is 14.1. The van der Waals surface area contributed by atoms with E-state index in [-0.39, 0.29) is 0 Å². The highest BCUT2D eigenvalue weighted by Crippen LogP contribution is 2.29. The SMILES string of the molecule is CCCCN(c1cccc(Cl)c1CNCC)C(C)CC. The first-order chi connectivity index (χ1) is 9.65. The lowest BCUT2D eigenvalue weighted by molar-refractivity contribution is 0.591. The van der Waals surface area contributed by atoms with Gasteiger partial charge in [-0.3, -0.25) is 0 Å².